The van der Waals surface area contributed by atoms with Gasteiger partial charge in [0, 0.05) is 13.1 Å². The first kappa shape index (κ1) is 23.0. The number of carboxylic acid groups (broad SMARTS) is 1. The molecule has 0 radical (unpaired) electrons. The normalized spacial score (nSPS) is 15.4. The Morgan fingerprint density at radius 3 is 2.39 bits per heavy atom. The van der Waals surface area contributed by atoms with Crippen molar-refractivity contribution in [2.45, 2.75) is 36.0 Å². The number of nitrogens with one attached hydrogen (secondary N) is 1. The van der Waals surface area contributed by atoms with Gasteiger partial charge in [0.15, 0.2) is 6.61 Å². The number of ether oxygens (including phenoxy) is 1. The lowest BCUT2D eigenvalue weighted by Gasteiger charge is -2.26. The summed E-state index contributed by atoms with van der Waals surface area (Å²) < 4.78 is 60.2. The van der Waals surface area contributed by atoms with Crippen LogP contribution in [0, 0.1) is 6.92 Å². The Bertz CT molecular complexity index is 1170. The molecule has 0 unspecified atom stereocenters. The van der Waals surface area contributed by atoms with E-state index in [9.17, 15) is 21.6 Å². The quantitative estimate of drug-likeness (QED) is 0.608. The molecular weight excluding hydrogens is 444 g/mol. The van der Waals surface area contributed by atoms with E-state index in [0.29, 0.717) is 18.7 Å². The summed E-state index contributed by atoms with van der Waals surface area (Å²) in [5.41, 5.74) is 0.576. The number of hydrogen-bond donors (Lipinski definition) is 2. The van der Waals surface area contributed by atoms with Gasteiger partial charge in [-0.05, 0) is 61.7 Å². The van der Waals surface area contributed by atoms with Crippen LogP contribution in [0.25, 0.3) is 0 Å². The Morgan fingerprint density at radius 2 is 1.74 bits per heavy atom. The van der Waals surface area contributed by atoms with Gasteiger partial charge in [0.2, 0.25) is 10.0 Å². The van der Waals surface area contributed by atoms with Crippen molar-refractivity contribution in [1.29, 1.82) is 0 Å². The van der Waals surface area contributed by atoms with E-state index >= 15 is 0 Å². The molecular formula is C20H24N2O7S2. The predicted octanol–water partition coefficient (Wildman–Crippen LogP) is 2.43. The van der Waals surface area contributed by atoms with Gasteiger partial charge >= 0.3 is 5.97 Å². The number of anilines is 1. The highest BCUT2D eigenvalue weighted by atomic mass is 32.2. The average molecular weight is 469 g/mol. The second-order valence-electron chi connectivity index (χ2n) is 7.21. The lowest BCUT2D eigenvalue weighted by atomic mass is 10.2. The van der Waals surface area contributed by atoms with Crippen LogP contribution in [0.2, 0.25) is 0 Å². The number of aliphatic carboxylic acids is 1. The van der Waals surface area contributed by atoms with Crippen LogP contribution in [0.5, 0.6) is 5.75 Å². The number of aryl methyl sites for hydroxylation is 1. The van der Waals surface area contributed by atoms with Crippen LogP contribution >= 0.6 is 0 Å². The Labute approximate surface area is 181 Å². The van der Waals surface area contributed by atoms with E-state index in [1.165, 1.54) is 46.8 Å². The van der Waals surface area contributed by atoms with E-state index in [1.54, 1.807) is 6.92 Å². The van der Waals surface area contributed by atoms with E-state index in [2.05, 4.69) is 4.72 Å². The third-order valence-corrected chi connectivity index (χ3v) is 8.12. The van der Waals surface area contributed by atoms with Crippen LogP contribution in [0.3, 0.4) is 0 Å². The zero-order valence-corrected chi connectivity index (χ0v) is 18.6. The molecule has 0 aliphatic carbocycles. The molecule has 2 aromatic carbocycles. The van der Waals surface area contributed by atoms with Gasteiger partial charge in [-0.2, -0.15) is 4.31 Å². The second-order valence-corrected chi connectivity index (χ2v) is 10.8. The monoisotopic (exact) mass is 468 g/mol. The summed E-state index contributed by atoms with van der Waals surface area (Å²) in [4.78, 5) is 10.6. The Morgan fingerprint density at radius 1 is 1.03 bits per heavy atom. The zero-order chi connectivity index (χ0) is 22.6. The van der Waals surface area contributed by atoms with Crippen LogP contribution in [-0.2, 0) is 24.8 Å². The topological polar surface area (TPSA) is 130 Å². The molecule has 0 saturated carbocycles. The minimum atomic E-state index is -4.00. The first-order valence-electron chi connectivity index (χ1n) is 9.68. The molecule has 1 aliphatic heterocycles. The summed E-state index contributed by atoms with van der Waals surface area (Å²) in [6, 6.07) is 9.74. The molecule has 0 amide bonds. The van der Waals surface area contributed by atoms with Crippen molar-refractivity contribution in [2.24, 2.45) is 0 Å². The van der Waals surface area contributed by atoms with Gasteiger partial charge in [-0.15, -0.1) is 0 Å². The number of hydrogen-bond acceptors (Lipinski definition) is 6. The molecule has 2 N–H and O–H groups in total. The maximum atomic E-state index is 12.9. The van der Waals surface area contributed by atoms with E-state index in [4.69, 9.17) is 9.84 Å². The molecule has 1 heterocycles. The molecule has 9 nitrogen and oxygen atoms in total. The SMILES string of the molecule is Cc1cc(S(=O)(=O)Nc2cccc(S(=O)(=O)N3CCCCC3)c2)ccc1OCC(=O)O. The van der Waals surface area contributed by atoms with Crippen molar-refractivity contribution in [3.05, 3.63) is 48.0 Å². The van der Waals surface area contributed by atoms with Gasteiger partial charge in [-0.25, -0.2) is 21.6 Å². The number of benzene rings is 2. The van der Waals surface area contributed by atoms with Crippen molar-refractivity contribution >= 4 is 31.7 Å². The van der Waals surface area contributed by atoms with Crippen molar-refractivity contribution in [2.75, 3.05) is 24.4 Å². The third-order valence-electron chi connectivity index (χ3n) is 4.85. The Kier molecular flexibility index (Phi) is 6.87. The Balaban J connectivity index is 1.81. The van der Waals surface area contributed by atoms with E-state index < -0.39 is 32.6 Å². The molecule has 11 heteroatoms. The van der Waals surface area contributed by atoms with Crippen LogP contribution in [0.15, 0.2) is 52.3 Å². The molecule has 0 spiro atoms. The van der Waals surface area contributed by atoms with E-state index in [1.807, 2.05) is 0 Å². The minimum absolute atomic E-state index is 0.0307. The maximum Gasteiger partial charge on any atom is 0.341 e. The number of rotatable bonds is 8. The first-order chi connectivity index (χ1) is 14.6. The minimum Gasteiger partial charge on any atom is -0.482 e. The number of sulfonamides is 2. The lowest BCUT2D eigenvalue weighted by Crippen LogP contribution is -2.35. The van der Waals surface area contributed by atoms with Gasteiger partial charge in [-0.3, -0.25) is 4.72 Å². The second kappa shape index (κ2) is 9.25. The molecule has 1 fully saturated rings. The molecule has 2 aromatic rings. The average Bonchev–Trinajstić information content (AvgIpc) is 2.73. The molecule has 1 aliphatic rings. The molecule has 0 atom stereocenters. The Hall–Kier alpha value is -2.63. The fourth-order valence-corrected chi connectivity index (χ4v) is 5.98. The molecule has 31 heavy (non-hydrogen) atoms. The number of piperidine rings is 1. The van der Waals surface area contributed by atoms with Crippen LogP contribution in [0.1, 0.15) is 24.8 Å². The van der Waals surface area contributed by atoms with Crippen LogP contribution in [0.4, 0.5) is 5.69 Å². The highest BCUT2D eigenvalue weighted by molar-refractivity contribution is 7.92. The largest absolute Gasteiger partial charge is 0.482 e. The number of carboxylic acids is 1. The first-order valence-corrected chi connectivity index (χ1v) is 12.6. The number of carbonyl (C=O) groups is 1. The van der Waals surface area contributed by atoms with Gasteiger partial charge in [-0.1, -0.05) is 12.5 Å². The fourth-order valence-electron chi connectivity index (χ4n) is 3.28. The summed E-state index contributed by atoms with van der Waals surface area (Å²) in [6.45, 7) is 1.97. The molecule has 1 saturated heterocycles. The summed E-state index contributed by atoms with van der Waals surface area (Å²) >= 11 is 0. The van der Waals surface area contributed by atoms with E-state index in [0.717, 1.165) is 19.3 Å². The maximum absolute atomic E-state index is 12.9. The van der Waals surface area contributed by atoms with Crippen molar-refractivity contribution in [3.8, 4) is 5.75 Å². The van der Waals surface area contributed by atoms with Gasteiger partial charge in [0.1, 0.15) is 5.75 Å². The molecule has 3 rings (SSSR count). The van der Waals surface area contributed by atoms with Crippen molar-refractivity contribution in [1.82, 2.24) is 4.31 Å². The highest BCUT2D eigenvalue weighted by Crippen LogP contribution is 2.26. The standard InChI is InChI=1S/C20H24N2O7S2/c1-15-12-17(8-9-19(15)29-14-20(23)24)30(25,26)21-16-6-5-7-18(13-16)31(27,28)22-10-3-2-4-11-22/h5-9,12-13,21H,2-4,10-11,14H2,1H3,(H,23,24). The molecule has 0 aromatic heterocycles. The van der Waals surface area contributed by atoms with Gasteiger partial charge < -0.3 is 9.84 Å². The number of nitrogens with zero attached hydrogens (tertiary/aromatic N) is 1. The molecule has 168 valence electrons. The van der Waals surface area contributed by atoms with Crippen LogP contribution in [-0.4, -0.2) is 51.9 Å². The summed E-state index contributed by atoms with van der Waals surface area (Å²) in [6.07, 6.45) is 2.60. The van der Waals surface area contributed by atoms with Crippen LogP contribution < -0.4 is 9.46 Å². The van der Waals surface area contributed by atoms with Gasteiger partial charge in [0.05, 0.1) is 15.5 Å². The van der Waals surface area contributed by atoms with Gasteiger partial charge in [0.25, 0.3) is 10.0 Å². The predicted molar refractivity (Wildman–Crippen MR) is 114 cm³/mol. The third kappa shape index (κ3) is 5.54. The highest BCUT2D eigenvalue weighted by Gasteiger charge is 2.26. The molecule has 0 bridgehead atoms. The fraction of sp³-hybridized carbons (Fsp3) is 0.350. The van der Waals surface area contributed by atoms with E-state index in [-0.39, 0.29) is 21.2 Å². The summed E-state index contributed by atoms with van der Waals surface area (Å²) in [7, 11) is -7.70. The van der Waals surface area contributed by atoms with Crippen molar-refractivity contribution < 1.29 is 31.5 Å². The smallest absolute Gasteiger partial charge is 0.341 e. The van der Waals surface area contributed by atoms with Crippen molar-refractivity contribution in [3.63, 3.8) is 0 Å². The summed E-state index contributed by atoms with van der Waals surface area (Å²) in [5.74, 6) is -0.881. The summed E-state index contributed by atoms with van der Waals surface area (Å²) in [5, 5.41) is 8.70. The zero-order valence-electron chi connectivity index (χ0n) is 16.9. The lowest BCUT2D eigenvalue weighted by molar-refractivity contribution is -0.139.